The van der Waals surface area contributed by atoms with E-state index >= 15 is 4.79 Å². The zero-order chi connectivity index (χ0) is 47.1. The molecule has 0 bridgehead atoms. The number of hydrogen-bond acceptors (Lipinski definition) is 12. The number of hydrogen-bond donors (Lipinski definition) is 8. The number of aromatic amines is 1. The quantitative estimate of drug-likeness (QED) is 0.0433. The van der Waals surface area contributed by atoms with Gasteiger partial charge >= 0.3 is 0 Å². The van der Waals surface area contributed by atoms with Gasteiger partial charge < -0.3 is 45.3 Å². The maximum absolute atomic E-state index is 15.3. The van der Waals surface area contributed by atoms with Crippen LogP contribution in [-0.2, 0) is 41.8 Å². The van der Waals surface area contributed by atoms with E-state index in [2.05, 4.69) is 39.9 Å². The summed E-state index contributed by atoms with van der Waals surface area (Å²) < 4.78 is 12.0. The van der Waals surface area contributed by atoms with Crippen LogP contribution in [0, 0.1) is 5.92 Å². The number of ketones is 1. The van der Waals surface area contributed by atoms with Gasteiger partial charge in [0, 0.05) is 65.9 Å². The molecule has 0 spiro atoms. The number of aliphatic hydroxyl groups excluding tert-OH is 1. The summed E-state index contributed by atoms with van der Waals surface area (Å²) in [5, 5.41) is 66.0. The number of Topliss-reactive ketones (excluding diaryl/α,β-unsaturated/α-hetero) is 1. The van der Waals surface area contributed by atoms with Crippen molar-refractivity contribution in [2.75, 3.05) is 33.2 Å². The predicted octanol–water partition coefficient (Wildman–Crippen LogP) is 9.19. The summed E-state index contributed by atoms with van der Waals surface area (Å²) in [4.78, 5) is 18.5. The molecule has 1 aliphatic heterocycles. The summed E-state index contributed by atoms with van der Waals surface area (Å²) in [7, 11) is 6.57. The minimum atomic E-state index is -1.09. The van der Waals surface area contributed by atoms with Crippen LogP contribution in [0.15, 0.2) is 103 Å². The zero-order valence-corrected chi connectivity index (χ0v) is 40.1. The van der Waals surface area contributed by atoms with Crippen molar-refractivity contribution in [1.29, 1.82) is 0 Å². The molecule has 0 saturated heterocycles. The third-order valence-corrected chi connectivity index (χ3v) is 16.4. The summed E-state index contributed by atoms with van der Waals surface area (Å²) >= 11 is 0. The van der Waals surface area contributed by atoms with E-state index in [4.69, 9.17) is 9.47 Å². The number of H-pyrrole nitrogens is 1. The molecule has 4 atom stereocenters. The lowest BCUT2D eigenvalue weighted by Gasteiger charge is -2.31. The number of benzene rings is 5. The zero-order valence-electron chi connectivity index (χ0n) is 38.5. The van der Waals surface area contributed by atoms with Crippen LogP contribution in [0.3, 0.4) is 0 Å². The molecule has 0 radical (unpaired) electrons. The van der Waals surface area contributed by atoms with Crippen molar-refractivity contribution < 1.29 is 39.8 Å². The highest BCUT2D eigenvalue weighted by Crippen LogP contribution is 2.44. The van der Waals surface area contributed by atoms with E-state index in [-0.39, 0.29) is 48.1 Å². The van der Waals surface area contributed by atoms with Crippen LogP contribution in [0.5, 0.6) is 28.7 Å². The monoisotopic (exact) mass is 945 g/mol. The Kier molecular flexibility index (Phi) is 15.5. The SMILES string of the molecule is CNC1(c2cc(O)cc([C@@H](Cc3ccc(O)c4c3CSSC[C@@](C)(O)CNCO4)C(=O)C[C@@H](O)[C@H](Cc3cc[nH]c3)Cc3ccc(O)c(OC)c3Cc3cccc4ccccc34)c2)CCCC1. The Morgan fingerprint density at radius 1 is 0.896 bits per heavy atom. The van der Waals surface area contributed by atoms with Crippen LogP contribution in [0.2, 0.25) is 0 Å². The molecule has 354 valence electrons. The van der Waals surface area contributed by atoms with E-state index in [1.54, 1.807) is 49.1 Å². The van der Waals surface area contributed by atoms with Crippen LogP contribution in [0.1, 0.15) is 89.5 Å². The first-order chi connectivity index (χ1) is 32.4. The van der Waals surface area contributed by atoms with Crippen molar-refractivity contribution >= 4 is 38.1 Å². The van der Waals surface area contributed by atoms with Gasteiger partial charge in [-0.2, -0.15) is 0 Å². The lowest BCUT2D eigenvalue weighted by Crippen LogP contribution is -2.41. The number of β-amino-alcohol motifs (C(OH)–C–C–N with tert-alkyl or cyclic N) is 1. The Labute approximate surface area is 401 Å². The molecule has 8 N–H and O–H groups in total. The van der Waals surface area contributed by atoms with Gasteiger partial charge in [0.2, 0.25) is 0 Å². The van der Waals surface area contributed by atoms with Crippen molar-refractivity contribution in [3.8, 4) is 28.7 Å². The molecule has 1 aromatic heterocycles. The predicted molar refractivity (Wildman–Crippen MR) is 268 cm³/mol. The Morgan fingerprint density at radius 3 is 2.45 bits per heavy atom. The second-order valence-corrected chi connectivity index (χ2v) is 21.1. The molecule has 1 aliphatic carbocycles. The molecule has 13 heteroatoms. The Bertz CT molecular complexity index is 2640. The standard InChI is InChI=1S/C54H63N3O8S2/c1-53(63)31-57-33-65-52-46(30-66-67-32-53)38(14-16-48(52)60)25-44(39-23-41(27-42(58)24-39)54(55-2)18-6-7-19-54)50(62)28-49(61)40(21-34-17-20-56-29-34)22-37-13-15-47(59)51(64-3)45(37)26-36-11-8-10-35-9-4-5-12-43(35)36/h4-5,8-17,20,23-24,27,29,40,44,49,55-61,63H,6-7,18-19,21-22,25-26,28,30-33H2,1-3H3/t40-,44-,49-,53+/m1/s1. The van der Waals surface area contributed by atoms with Gasteiger partial charge in [0.1, 0.15) is 18.3 Å². The van der Waals surface area contributed by atoms with E-state index in [1.165, 1.54) is 10.8 Å². The smallest absolute Gasteiger partial charge is 0.167 e. The molecule has 6 aromatic rings. The van der Waals surface area contributed by atoms with Crippen molar-refractivity contribution in [3.05, 3.63) is 148 Å². The number of phenols is 3. The van der Waals surface area contributed by atoms with E-state index < -0.39 is 23.5 Å². The molecular weight excluding hydrogens is 883 g/mol. The Balaban J connectivity index is 1.16. The molecule has 11 nitrogen and oxygen atoms in total. The summed E-state index contributed by atoms with van der Waals surface area (Å²) in [6.45, 7) is 2.14. The number of aromatic hydroxyl groups is 3. The second-order valence-electron chi connectivity index (χ2n) is 18.6. The van der Waals surface area contributed by atoms with E-state index in [1.807, 2.05) is 61.9 Å². The third-order valence-electron chi connectivity index (χ3n) is 13.8. The number of rotatable bonds is 16. The van der Waals surface area contributed by atoms with E-state index in [0.717, 1.165) is 75.4 Å². The van der Waals surface area contributed by atoms with Crippen LogP contribution >= 0.6 is 21.6 Å². The number of carbonyl (C=O) groups excluding carboxylic acids is 1. The van der Waals surface area contributed by atoms with Crippen LogP contribution in [0.25, 0.3) is 10.8 Å². The van der Waals surface area contributed by atoms with Crippen molar-refractivity contribution in [3.63, 3.8) is 0 Å². The lowest BCUT2D eigenvalue weighted by atomic mass is 9.79. The number of aromatic nitrogens is 1. The van der Waals surface area contributed by atoms with Gasteiger partial charge in [0.15, 0.2) is 23.0 Å². The number of nitrogens with one attached hydrogen (secondary N) is 3. The van der Waals surface area contributed by atoms with Crippen molar-refractivity contribution in [2.24, 2.45) is 5.92 Å². The molecule has 0 unspecified atom stereocenters. The minimum Gasteiger partial charge on any atom is -0.508 e. The largest absolute Gasteiger partial charge is 0.508 e. The fourth-order valence-electron chi connectivity index (χ4n) is 10.2. The van der Waals surface area contributed by atoms with Crippen molar-refractivity contribution in [2.45, 2.75) is 93.6 Å². The first-order valence-electron chi connectivity index (χ1n) is 23.2. The van der Waals surface area contributed by atoms with E-state index in [0.29, 0.717) is 54.4 Å². The molecule has 1 saturated carbocycles. The Hall–Kier alpha value is -5.15. The Morgan fingerprint density at radius 2 is 1.67 bits per heavy atom. The molecule has 0 amide bonds. The third kappa shape index (κ3) is 11.3. The van der Waals surface area contributed by atoms with Crippen LogP contribution in [0.4, 0.5) is 0 Å². The number of methoxy groups -OCH3 is 1. The highest BCUT2D eigenvalue weighted by Gasteiger charge is 2.37. The van der Waals surface area contributed by atoms with Crippen molar-refractivity contribution in [1.82, 2.24) is 15.6 Å². The molecule has 1 fully saturated rings. The first-order valence-corrected chi connectivity index (χ1v) is 25.7. The average Bonchev–Trinajstić information content (AvgIpc) is 4.03. The molecule has 2 aliphatic rings. The maximum Gasteiger partial charge on any atom is 0.167 e. The van der Waals surface area contributed by atoms with Gasteiger partial charge in [0.25, 0.3) is 0 Å². The first kappa shape index (κ1) is 48.3. The molecule has 67 heavy (non-hydrogen) atoms. The van der Waals surface area contributed by atoms with E-state index in [9.17, 15) is 25.5 Å². The van der Waals surface area contributed by atoms with Gasteiger partial charge in [0.05, 0.1) is 18.8 Å². The average molecular weight is 946 g/mol. The molecule has 8 rings (SSSR count). The topological polar surface area (TPSA) is 177 Å². The number of phenolic OH excluding ortho intramolecular Hbond substituents is 3. The number of fused-ring (bicyclic) bond motifs is 2. The normalized spacial score (nSPS) is 18.9. The summed E-state index contributed by atoms with van der Waals surface area (Å²) in [6, 6.07) is 28.9. The summed E-state index contributed by atoms with van der Waals surface area (Å²) in [6.07, 6.45) is 7.93. The molecular formula is C54H63N3O8S2. The summed E-state index contributed by atoms with van der Waals surface area (Å²) in [5.74, 6) is 0.272. The van der Waals surface area contributed by atoms with Gasteiger partial charge in [-0.25, -0.2) is 0 Å². The van der Waals surface area contributed by atoms with Gasteiger partial charge in [-0.15, -0.1) is 0 Å². The van der Waals surface area contributed by atoms with Gasteiger partial charge in [-0.3, -0.25) is 10.1 Å². The fraction of sp³-hybridized carbons (Fsp3) is 0.389. The van der Waals surface area contributed by atoms with Gasteiger partial charge in [-0.1, -0.05) is 95.1 Å². The van der Waals surface area contributed by atoms with Gasteiger partial charge in [-0.05, 0) is 126 Å². The second kappa shape index (κ2) is 21.4. The highest BCUT2D eigenvalue weighted by molar-refractivity contribution is 8.76. The fourth-order valence-corrected chi connectivity index (χ4v) is 12.7. The lowest BCUT2D eigenvalue weighted by molar-refractivity contribution is -0.123. The molecule has 2 heterocycles. The number of ether oxygens (including phenoxy) is 2. The molecule has 5 aromatic carbocycles. The number of carbonyl (C=O) groups is 1. The maximum atomic E-state index is 15.3. The summed E-state index contributed by atoms with van der Waals surface area (Å²) in [5.41, 5.74) is 5.56. The minimum absolute atomic E-state index is 0.0226. The van der Waals surface area contributed by atoms with Crippen LogP contribution < -0.4 is 20.1 Å². The van der Waals surface area contributed by atoms with Crippen LogP contribution in [-0.4, -0.2) is 81.2 Å². The number of aliphatic hydroxyl groups is 2. The highest BCUT2D eigenvalue weighted by atomic mass is 33.1.